The first-order valence-corrected chi connectivity index (χ1v) is 7.85. The Hall–Kier alpha value is -1.40. The van der Waals surface area contributed by atoms with E-state index in [9.17, 15) is 13.2 Å². The van der Waals surface area contributed by atoms with Crippen molar-refractivity contribution in [2.45, 2.75) is 32.7 Å². The van der Waals surface area contributed by atoms with Crippen LogP contribution in [0.1, 0.15) is 30.9 Å². The summed E-state index contributed by atoms with van der Waals surface area (Å²) < 4.78 is 25.7. The van der Waals surface area contributed by atoms with Gasteiger partial charge >= 0.3 is 5.97 Å². The lowest BCUT2D eigenvalue weighted by atomic mass is 10.1. The van der Waals surface area contributed by atoms with Crippen molar-refractivity contribution < 1.29 is 18.3 Å². The fraction of sp³-hybridized carbons (Fsp3) is 0.462. The van der Waals surface area contributed by atoms with Crippen molar-refractivity contribution in [3.63, 3.8) is 0 Å². The molecular weight excluding hydrogens is 266 g/mol. The maximum atomic E-state index is 11.6. The molecule has 106 valence electrons. The first kappa shape index (κ1) is 15.7. The summed E-state index contributed by atoms with van der Waals surface area (Å²) in [6, 6.07) is 7.71. The number of aryl methyl sites for hydroxylation is 1. The average Bonchev–Trinajstić information content (AvgIpc) is 2.36. The molecule has 0 aliphatic carbocycles. The zero-order valence-corrected chi connectivity index (χ0v) is 11.7. The van der Waals surface area contributed by atoms with E-state index in [0.29, 0.717) is 0 Å². The largest absolute Gasteiger partial charge is 0.481 e. The van der Waals surface area contributed by atoms with E-state index in [1.165, 1.54) is 5.56 Å². The van der Waals surface area contributed by atoms with Gasteiger partial charge in [-0.2, -0.15) is 0 Å². The van der Waals surface area contributed by atoms with Crippen molar-refractivity contribution in [3.05, 3.63) is 35.4 Å². The van der Waals surface area contributed by atoms with Crippen LogP contribution in [0, 0.1) is 0 Å². The minimum Gasteiger partial charge on any atom is -0.481 e. The van der Waals surface area contributed by atoms with Gasteiger partial charge in [0.2, 0.25) is 10.0 Å². The van der Waals surface area contributed by atoms with Crippen molar-refractivity contribution >= 4 is 16.0 Å². The number of carboxylic acids is 1. The number of benzene rings is 1. The number of rotatable bonds is 8. The number of nitrogens with one attached hydrogen (secondary N) is 1. The highest BCUT2D eigenvalue weighted by Crippen LogP contribution is 2.05. The Labute approximate surface area is 113 Å². The van der Waals surface area contributed by atoms with Gasteiger partial charge in [-0.1, -0.05) is 31.2 Å². The van der Waals surface area contributed by atoms with Crippen LogP contribution in [-0.4, -0.2) is 25.2 Å². The molecule has 0 unspecified atom stereocenters. The minimum atomic E-state index is -3.40. The lowest BCUT2D eigenvalue weighted by Gasteiger charge is -2.06. The topological polar surface area (TPSA) is 83.5 Å². The molecule has 0 aliphatic heterocycles. The normalized spacial score (nSPS) is 11.4. The van der Waals surface area contributed by atoms with Gasteiger partial charge in [0.05, 0.1) is 5.75 Å². The predicted octanol–water partition coefficient (Wildman–Crippen LogP) is 1.53. The third-order valence-electron chi connectivity index (χ3n) is 2.73. The molecule has 5 nitrogen and oxygen atoms in total. The highest BCUT2D eigenvalue weighted by atomic mass is 32.2. The van der Waals surface area contributed by atoms with E-state index in [1.807, 2.05) is 24.3 Å². The van der Waals surface area contributed by atoms with Gasteiger partial charge in [0.15, 0.2) is 0 Å². The van der Waals surface area contributed by atoms with Gasteiger partial charge in [-0.25, -0.2) is 13.1 Å². The monoisotopic (exact) mass is 285 g/mol. The molecule has 0 bridgehead atoms. The van der Waals surface area contributed by atoms with Gasteiger partial charge in [0.1, 0.15) is 0 Å². The Bertz CT molecular complexity index is 508. The Balaban J connectivity index is 2.43. The van der Waals surface area contributed by atoms with E-state index in [1.54, 1.807) is 0 Å². The predicted molar refractivity (Wildman–Crippen MR) is 73.3 cm³/mol. The molecule has 0 aliphatic rings. The van der Waals surface area contributed by atoms with Crippen LogP contribution in [0.3, 0.4) is 0 Å². The van der Waals surface area contributed by atoms with Gasteiger partial charge in [0, 0.05) is 13.0 Å². The van der Waals surface area contributed by atoms with Crippen LogP contribution < -0.4 is 4.72 Å². The molecule has 2 N–H and O–H groups in total. The van der Waals surface area contributed by atoms with Crippen molar-refractivity contribution in [2.24, 2.45) is 0 Å². The molecule has 1 aromatic rings. The highest BCUT2D eigenvalue weighted by molar-refractivity contribution is 7.89. The molecule has 0 saturated heterocycles. The molecular formula is C13H19NO4S. The standard InChI is InChI=1S/C13H19NO4S/c1-2-11-5-7-12(8-6-11)10-14-19(17,18)9-3-4-13(15)16/h5-8,14H,2-4,9-10H2,1H3,(H,15,16). The number of sulfonamides is 1. The maximum absolute atomic E-state index is 11.6. The van der Waals surface area contributed by atoms with Crippen LogP contribution in [-0.2, 0) is 27.8 Å². The molecule has 0 amide bonds. The van der Waals surface area contributed by atoms with Crippen molar-refractivity contribution in [1.82, 2.24) is 4.72 Å². The molecule has 0 saturated carbocycles. The first-order valence-electron chi connectivity index (χ1n) is 6.20. The summed E-state index contributed by atoms with van der Waals surface area (Å²) in [6.07, 6.45) is 0.937. The van der Waals surface area contributed by atoms with E-state index in [0.717, 1.165) is 12.0 Å². The van der Waals surface area contributed by atoms with Crippen LogP contribution in [0.2, 0.25) is 0 Å². The van der Waals surface area contributed by atoms with Crippen molar-refractivity contribution in [3.8, 4) is 0 Å². The third kappa shape index (κ3) is 6.35. The van der Waals surface area contributed by atoms with Gasteiger partial charge in [-0.15, -0.1) is 0 Å². The zero-order chi connectivity index (χ0) is 14.3. The summed E-state index contributed by atoms with van der Waals surface area (Å²) in [7, 11) is -3.40. The van der Waals surface area contributed by atoms with Crippen LogP contribution in [0.4, 0.5) is 0 Å². The molecule has 0 aromatic heterocycles. The van der Waals surface area contributed by atoms with Crippen LogP contribution in [0.5, 0.6) is 0 Å². The summed E-state index contributed by atoms with van der Waals surface area (Å²) in [4.78, 5) is 10.3. The summed E-state index contributed by atoms with van der Waals surface area (Å²) >= 11 is 0. The lowest BCUT2D eigenvalue weighted by molar-refractivity contribution is -0.137. The molecule has 6 heteroatoms. The highest BCUT2D eigenvalue weighted by Gasteiger charge is 2.10. The van der Waals surface area contributed by atoms with Crippen molar-refractivity contribution in [2.75, 3.05) is 5.75 Å². The molecule has 0 spiro atoms. The number of hydrogen-bond acceptors (Lipinski definition) is 3. The fourth-order valence-corrected chi connectivity index (χ4v) is 2.63. The van der Waals surface area contributed by atoms with Gasteiger partial charge in [-0.3, -0.25) is 4.79 Å². The van der Waals surface area contributed by atoms with Gasteiger partial charge in [-0.05, 0) is 24.0 Å². The SMILES string of the molecule is CCc1ccc(CNS(=O)(=O)CCCC(=O)O)cc1. The summed E-state index contributed by atoms with van der Waals surface area (Å²) in [6.45, 7) is 2.29. The molecule has 1 rings (SSSR count). The third-order valence-corrected chi connectivity index (χ3v) is 4.14. The molecule has 0 fully saturated rings. The lowest BCUT2D eigenvalue weighted by Crippen LogP contribution is -2.26. The number of carboxylic acid groups (broad SMARTS) is 1. The minimum absolute atomic E-state index is 0.124. The Morgan fingerprint density at radius 2 is 1.79 bits per heavy atom. The molecule has 1 aromatic carbocycles. The van der Waals surface area contributed by atoms with Crippen LogP contribution in [0.15, 0.2) is 24.3 Å². The first-order chi connectivity index (χ1) is 8.93. The number of aliphatic carboxylic acids is 1. The Morgan fingerprint density at radius 1 is 1.21 bits per heavy atom. The van der Waals surface area contributed by atoms with E-state index in [2.05, 4.69) is 11.6 Å². The summed E-state index contributed by atoms with van der Waals surface area (Å²) in [5.41, 5.74) is 2.09. The molecule has 0 heterocycles. The smallest absolute Gasteiger partial charge is 0.303 e. The Kier molecular flexibility index (Phi) is 5.98. The molecule has 0 atom stereocenters. The van der Waals surface area contributed by atoms with Gasteiger partial charge in [0.25, 0.3) is 0 Å². The fourth-order valence-electron chi connectivity index (χ4n) is 1.57. The molecule has 0 radical (unpaired) electrons. The maximum Gasteiger partial charge on any atom is 0.303 e. The van der Waals surface area contributed by atoms with Gasteiger partial charge < -0.3 is 5.11 Å². The summed E-state index contributed by atoms with van der Waals surface area (Å²) in [5, 5.41) is 8.45. The van der Waals surface area contributed by atoms with Crippen molar-refractivity contribution in [1.29, 1.82) is 0 Å². The summed E-state index contributed by atoms with van der Waals surface area (Å²) in [5.74, 6) is -1.14. The molecule has 19 heavy (non-hydrogen) atoms. The van der Waals surface area contributed by atoms with E-state index in [-0.39, 0.29) is 25.1 Å². The second-order valence-electron chi connectivity index (χ2n) is 4.31. The van der Waals surface area contributed by atoms with E-state index < -0.39 is 16.0 Å². The zero-order valence-electron chi connectivity index (χ0n) is 10.9. The van der Waals surface area contributed by atoms with Crippen LogP contribution >= 0.6 is 0 Å². The average molecular weight is 285 g/mol. The van der Waals surface area contributed by atoms with Crippen LogP contribution in [0.25, 0.3) is 0 Å². The van der Waals surface area contributed by atoms with E-state index >= 15 is 0 Å². The second kappa shape index (κ2) is 7.25. The second-order valence-corrected chi connectivity index (χ2v) is 6.23. The Morgan fingerprint density at radius 3 is 2.32 bits per heavy atom. The number of hydrogen-bond donors (Lipinski definition) is 2. The number of carbonyl (C=O) groups is 1. The quantitative estimate of drug-likeness (QED) is 0.758. The van der Waals surface area contributed by atoms with E-state index in [4.69, 9.17) is 5.11 Å².